The number of aryl methyl sites for hydroxylation is 1. The molecule has 120 valence electrons. The number of benzene rings is 1. The molecular formula is C13H17BrN4O2S2. The maximum absolute atomic E-state index is 12.2. The van der Waals surface area contributed by atoms with Crippen molar-refractivity contribution in [3.8, 4) is 0 Å². The molecule has 0 atom stereocenters. The standard InChI is InChI=1S/C13H17BrN4O2S2/c1-9(2)7-22(19,20)17-11-6-10(14)4-5-12(11)21-13-16-15-8-18(13)3/h4-6,8-9,17H,7H2,1-3H3. The topological polar surface area (TPSA) is 76.9 Å². The maximum Gasteiger partial charge on any atom is 0.233 e. The van der Waals surface area contributed by atoms with Crippen LogP contribution in [0.15, 0.2) is 39.1 Å². The van der Waals surface area contributed by atoms with Crippen molar-refractivity contribution in [3.05, 3.63) is 29.0 Å². The molecule has 0 amide bonds. The van der Waals surface area contributed by atoms with Crippen LogP contribution in [-0.4, -0.2) is 28.9 Å². The highest BCUT2D eigenvalue weighted by atomic mass is 79.9. The van der Waals surface area contributed by atoms with E-state index in [0.717, 1.165) is 9.37 Å². The van der Waals surface area contributed by atoms with Gasteiger partial charge in [-0.05, 0) is 35.9 Å². The Kier molecular flexibility index (Phi) is 5.51. The zero-order valence-electron chi connectivity index (χ0n) is 12.4. The molecule has 0 unspecified atom stereocenters. The first-order valence-electron chi connectivity index (χ1n) is 6.59. The molecule has 0 bridgehead atoms. The SMILES string of the molecule is CC(C)CS(=O)(=O)Nc1cc(Br)ccc1Sc1nncn1C. The van der Waals surface area contributed by atoms with Crippen LogP contribution in [-0.2, 0) is 17.1 Å². The number of sulfonamides is 1. The van der Waals surface area contributed by atoms with Gasteiger partial charge in [-0.25, -0.2) is 8.42 Å². The van der Waals surface area contributed by atoms with Crippen LogP contribution in [0.4, 0.5) is 5.69 Å². The molecule has 0 radical (unpaired) electrons. The van der Waals surface area contributed by atoms with Gasteiger partial charge in [-0.2, -0.15) is 0 Å². The Balaban J connectivity index is 2.30. The normalized spacial score (nSPS) is 11.9. The van der Waals surface area contributed by atoms with E-state index in [9.17, 15) is 8.42 Å². The Morgan fingerprint density at radius 1 is 1.41 bits per heavy atom. The Morgan fingerprint density at radius 3 is 2.73 bits per heavy atom. The van der Waals surface area contributed by atoms with Gasteiger partial charge >= 0.3 is 0 Å². The van der Waals surface area contributed by atoms with E-state index in [-0.39, 0.29) is 11.7 Å². The fraction of sp³-hybridized carbons (Fsp3) is 0.385. The zero-order chi connectivity index (χ0) is 16.3. The quantitative estimate of drug-likeness (QED) is 0.799. The second-order valence-corrected chi connectivity index (χ2v) is 8.94. The molecule has 0 saturated heterocycles. The highest BCUT2D eigenvalue weighted by Gasteiger charge is 2.17. The molecule has 1 N–H and O–H groups in total. The second-order valence-electron chi connectivity index (χ2n) is 5.24. The van der Waals surface area contributed by atoms with Gasteiger partial charge in [-0.3, -0.25) is 4.72 Å². The molecule has 1 heterocycles. The molecule has 2 aromatic rings. The summed E-state index contributed by atoms with van der Waals surface area (Å²) in [5.41, 5.74) is 0.531. The van der Waals surface area contributed by atoms with Gasteiger partial charge < -0.3 is 4.57 Å². The van der Waals surface area contributed by atoms with Crippen molar-refractivity contribution in [2.45, 2.75) is 23.9 Å². The first kappa shape index (κ1) is 17.3. The van der Waals surface area contributed by atoms with Gasteiger partial charge in [0.15, 0.2) is 5.16 Å². The molecule has 6 nitrogen and oxygen atoms in total. The monoisotopic (exact) mass is 404 g/mol. The van der Waals surface area contributed by atoms with Gasteiger partial charge in [0.05, 0.1) is 11.4 Å². The Morgan fingerprint density at radius 2 is 2.14 bits per heavy atom. The smallest absolute Gasteiger partial charge is 0.233 e. The van der Waals surface area contributed by atoms with Crippen LogP contribution in [0.1, 0.15) is 13.8 Å². The van der Waals surface area contributed by atoms with Gasteiger partial charge in [-0.1, -0.05) is 29.8 Å². The fourth-order valence-corrected chi connectivity index (χ4v) is 4.50. The lowest BCUT2D eigenvalue weighted by Crippen LogP contribution is -2.20. The summed E-state index contributed by atoms with van der Waals surface area (Å²) in [5.74, 6) is 0.132. The van der Waals surface area contributed by atoms with Crippen molar-refractivity contribution in [1.29, 1.82) is 0 Å². The van der Waals surface area contributed by atoms with E-state index in [1.54, 1.807) is 17.0 Å². The lowest BCUT2D eigenvalue weighted by atomic mass is 10.3. The third-order valence-electron chi connectivity index (χ3n) is 2.63. The van der Waals surface area contributed by atoms with Crippen LogP contribution in [0, 0.1) is 5.92 Å². The average Bonchev–Trinajstić information content (AvgIpc) is 2.76. The lowest BCUT2D eigenvalue weighted by Gasteiger charge is -2.13. The van der Waals surface area contributed by atoms with Crippen molar-refractivity contribution < 1.29 is 8.42 Å². The van der Waals surface area contributed by atoms with E-state index >= 15 is 0 Å². The number of hydrogen-bond acceptors (Lipinski definition) is 5. The summed E-state index contributed by atoms with van der Waals surface area (Å²) in [6, 6.07) is 5.45. The number of halogens is 1. The number of nitrogens with zero attached hydrogens (tertiary/aromatic N) is 3. The second kappa shape index (κ2) is 7.01. The predicted octanol–water partition coefficient (Wildman–Crippen LogP) is 3.13. The lowest BCUT2D eigenvalue weighted by molar-refractivity contribution is 0.587. The number of rotatable bonds is 6. The summed E-state index contributed by atoms with van der Waals surface area (Å²) < 4.78 is 29.6. The summed E-state index contributed by atoms with van der Waals surface area (Å²) in [7, 11) is -1.55. The number of hydrogen-bond donors (Lipinski definition) is 1. The molecule has 9 heteroatoms. The van der Waals surface area contributed by atoms with Crippen LogP contribution >= 0.6 is 27.7 Å². The van der Waals surface area contributed by atoms with Crippen molar-refractivity contribution in [2.24, 2.45) is 13.0 Å². The summed E-state index contributed by atoms with van der Waals surface area (Å²) in [5, 5.41) is 8.52. The summed E-state index contributed by atoms with van der Waals surface area (Å²) >= 11 is 4.73. The van der Waals surface area contributed by atoms with E-state index in [1.165, 1.54) is 11.8 Å². The highest BCUT2D eigenvalue weighted by molar-refractivity contribution is 9.10. The minimum atomic E-state index is -3.39. The van der Waals surface area contributed by atoms with Crippen molar-refractivity contribution in [3.63, 3.8) is 0 Å². The summed E-state index contributed by atoms with van der Waals surface area (Å²) in [6.07, 6.45) is 1.60. The largest absolute Gasteiger partial charge is 0.311 e. The summed E-state index contributed by atoms with van der Waals surface area (Å²) in [4.78, 5) is 0.770. The molecule has 2 rings (SSSR count). The average molecular weight is 405 g/mol. The molecule has 0 fully saturated rings. The van der Waals surface area contributed by atoms with Crippen LogP contribution in [0.3, 0.4) is 0 Å². The number of anilines is 1. The van der Waals surface area contributed by atoms with Gasteiger partial charge in [0, 0.05) is 16.4 Å². The van der Waals surface area contributed by atoms with Gasteiger partial charge in [0.25, 0.3) is 0 Å². The summed E-state index contributed by atoms with van der Waals surface area (Å²) in [6.45, 7) is 3.74. The third kappa shape index (κ3) is 4.72. The third-order valence-corrected chi connectivity index (χ3v) is 5.89. The van der Waals surface area contributed by atoms with E-state index in [0.29, 0.717) is 10.8 Å². The molecule has 22 heavy (non-hydrogen) atoms. The molecule has 0 aliphatic rings. The first-order chi connectivity index (χ1) is 10.3. The number of aromatic nitrogens is 3. The van der Waals surface area contributed by atoms with Crippen LogP contribution in [0.25, 0.3) is 0 Å². The van der Waals surface area contributed by atoms with Gasteiger partial charge in [-0.15, -0.1) is 10.2 Å². The Labute approximate surface area is 142 Å². The van der Waals surface area contributed by atoms with E-state index in [4.69, 9.17) is 0 Å². The first-order valence-corrected chi connectivity index (χ1v) is 9.85. The van der Waals surface area contributed by atoms with Gasteiger partial charge in [0.2, 0.25) is 10.0 Å². The fourth-order valence-electron chi connectivity index (χ4n) is 1.78. The zero-order valence-corrected chi connectivity index (χ0v) is 15.7. The molecule has 0 aliphatic carbocycles. The van der Waals surface area contributed by atoms with E-state index in [1.807, 2.05) is 33.0 Å². The van der Waals surface area contributed by atoms with Gasteiger partial charge in [0.1, 0.15) is 6.33 Å². The minimum absolute atomic E-state index is 0.0551. The van der Waals surface area contributed by atoms with E-state index in [2.05, 4.69) is 30.8 Å². The molecule has 0 saturated carbocycles. The van der Waals surface area contributed by atoms with Crippen molar-refractivity contribution in [2.75, 3.05) is 10.5 Å². The highest BCUT2D eigenvalue weighted by Crippen LogP contribution is 2.34. The predicted molar refractivity (Wildman–Crippen MR) is 91.5 cm³/mol. The Bertz CT molecular complexity index is 759. The van der Waals surface area contributed by atoms with Crippen molar-refractivity contribution >= 4 is 43.4 Å². The number of nitrogens with one attached hydrogen (secondary N) is 1. The Hall–Kier alpha value is -1.06. The van der Waals surface area contributed by atoms with E-state index < -0.39 is 10.0 Å². The molecule has 1 aromatic heterocycles. The van der Waals surface area contributed by atoms with Crippen LogP contribution < -0.4 is 4.72 Å². The molecule has 1 aromatic carbocycles. The maximum atomic E-state index is 12.2. The minimum Gasteiger partial charge on any atom is -0.311 e. The molecule has 0 spiro atoms. The molecular weight excluding hydrogens is 388 g/mol. The van der Waals surface area contributed by atoms with Crippen molar-refractivity contribution in [1.82, 2.24) is 14.8 Å². The van der Waals surface area contributed by atoms with Crippen LogP contribution in [0.5, 0.6) is 0 Å². The molecule has 0 aliphatic heterocycles. The van der Waals surface area contributed by atoms with Crippen LogP contribution in [0.2, 0.25) is 0 Å².